The molecule has 2 aromatic carbocycles. The van der Waals surface area contributed by atoms with Crippen molar-refractivity contribution in [3.8, 4) is 35.8 Å². The predicted molar refractivity (Wildman–Crippen MR) is 156 cm³/mol. The van der Waals surface area contributed by atoms with Gasteiger partial charge in [0, 0.05) is 30.9 Å². The van der Waals surface area contributed by atoms with Crippen molar-refractivity contribution in [3.63, 3.8) is 0 Å². The molecule has 1 aliphatic heterocycles. The summed E-state index contributed by atoms with van der Waals surface area (Å²) >= 11 is 1.43. The Morgan fingerprint density at radius 3 is 1.77 bits per heavy atom. The Balaban J connectivity index is 1.69. The van der Waals surface area contributed by atoms with Gasteiger partial charge in [0.1, 0.15) is 48.6 Å². The lowest BCUT2D eigenvalue weighted by Gasteiger charge is -2.16. The maximum atomic E-state index is 9.80. The first kappa shape index (κ1) is 26.1. The van der Waals surface area contributed by atoms with Gasteiger partial charge in [0.2, 0.25) is 0 Å². The number of hydrogen-bond donors (Lipinski definition) is 0. The highest BCUT2D eigenvalue weighted by Crippen LogP contribution is 2.52. The lowest BCUT2D eigenvalue weighted by molar-refractivity contribution is 0.173. The number of ether oxygens (including phenoxy) is 2. The quantitative estimate of drug-likeness (QED) is 0.350. The van der Waals surface area contributed by atoms with Crippen LogP contribution in [0.4, 0.5) is 5.69 Å². The van der Waals surface area contributed by atoms with E-state index >= 15 is 0 Å². The molecule has 5 rings (SSSR count). The Hall–Kier alpha value is -5.54. The van der Waals surface area contributed by atoms with Gasteiger partial charge in [-0.1, -0.05) is 42.5 Å². The number of anilines is 1. The zero-order chi connectivity index (χ0) is 28.2. The molecule has 1 aromatic heterocycles. The highest BCUT2D eigenvalue weighted by molar-refractivity contribution is 7.14. The molecule has 0 bridgehead atoms. The van der Waals surface area contributed by atoms with Gasteiger partial charge >= 0.3 is 0 Å². The van der Waals surface area contributed by atoms with E-state index in [-0.39, 0.29) is 11.1 Å². The molecule has 0 saturated heterocycles. The van der Waals surface area contributed by atoms with Gasteiger partial charge in [0.05, 0.1) is 9.75 Å². The topological polar surface area (TPSA) is 117 Å². The van der Waals surface area contributed by atoms with Crippen molar-refractivity contribution in [1.29, 1.82) is 21.0 Å². The lowest BCUT2D eigenvalue weighted by atomic mass is 9.96. The molecule has 3 aromatic rings. The van der Waals surface area contributed by atoms with Crippen LogP contribution in [-0.2, 0) is 0 Å². The second-order valence-electron chi connectivity index (χ2n) is 9.06. The van der Waals surface area contributed by atoms with Gasteiger partial charge in [-0.25, -0.2) is 0 Å². The van der Waals surface area contributed by atoms with Crippen molar-refractivity contribution in [2.75, 3.05) is 32.2 Å². The molecule has 0 saturated carbocycles. The summed E-state index contributed by atoms with van der Waals surface area (Å²) in [5, 5.41) is 39.2. The van der Waals surface area contributed by atoms with Crippen molar-refractivity contribution >= 4 is 46.4 Å². The van der Waals surface area contributed by atoms with Crippen LogP contribution < -0.4 is 14.4 Å². The smallest absolute Gasteiger partial charge is 0.180 e. The van der Waals surface area contributed by atoms with Gasteiger partial charge < -0.3 is 14.4 Å². The molecule has 0 unspecified atom stereocenters. The zero-order valence-electron chi connectivity index (χ0n) is 21.7. The van der Waals surface area contributed by atoms with Crippen LogP contribution in [0.2, 0.25) is 0 Å². The van der Waals surface area contributed by atoms with Crippen molar-refractivity contribution < 1.29 is 9.47 Å². The highest BCUT2D eigenvalue weighted by atomic mass is 32.1. The largest absolute Gasteiger partial charge is 0.485 e. The second kappa shape index (κ2) is 11.1. The van der Waals surface area contributed by atoms with Crippen molar-refractivity contribution in [1.82, 2.24) is 0 Å². The fourth-order valence-corrected chi connectivity index (χ4v) is 5.72. The third-order valence-electron chi connectivity index (χ3n) is 6.51. The van der Waals surface area contributed by atoms with Crippen molar-refractivity contribution in [2.45, 2.75) is 0 Å². The third-order valence-corrected chi connectivity index (χ3v) is 7.58. The van der Waals surface area contributed by atoms with Gasteiger partial charge in [-0.05, 0) is 46.5 Å². The summed E-state index contributed by atoms with van der Waals surface area (Å²) in [5.74, 6) is 1.16. The number of allylic oxidation sites excluding steroid dienone is 5. The Bertz CT molecular complexity index is 1710. The van der Waals surface area contributed by atoms with Gasteiger partial charge in [0.25, 0.3) is 0 Å². The molecule has 1 aliphatic carbocycles. The van der Waals surface area contributed by atoms with Crippen molar-refractivity contribution in [2.24, 2.45) is 0 Å². The number of thiophene rings is 1. The molecule has 192 valence electrons. The van der Waals surface area contributed by atoms with E-state index in [9.17, 15) is 21.0 Å². The molecule has 0 amide bonds. The Morgan fingerprint density at radius 2 is 1.27 bits per heavy atom. The summed E-state index contributed by atoms with van der Waals surface area (Å²) in [7, 11) is 3.99. The van der Waals surface area contributed by atoms with E-state index in [1.165, 1.54) is 11.3 Å². The fourth-order valence-electron chi connectivity index (χ4n) is 4.68. The van der Waals surface area contributed by atoms with Crippen LogP contribution in [0.5, 0.6) is 11.5 Å². The summed E-state index contributed by atoms with van der Waals surface area (Å²) in [6.07, 6.45) is 5.75. The first-order valence-electron chi connectivity index (χ1n) is 12.3. The Labute approximate surface area is 236 Å². The maximum absolute atomic E-state index is 9.80. The monoisotopic (exact) mass is 539 g/mol. The summed E-state index contributed by atoms with van der Waals surface area (Å²) in [6, 6.07) is 23.3. The third kappa shape index (κ3) is 4.61. The molecule has 2 aliphatic rings. The van der Waals surface area contributed by atoms with E-state index in [0.717, 1.165) is 16.1 Å². The highest BCUT2D eigenvalue weighted by Gasteiger charge is 2.33. The Kier molecular flexibility index (Phi) is 7.21. The van der Waals surface area contributed by atoms with E-state index < -0.39 is 0 Å². The summed E-state index contributed by atoms with van der Waals surface area (Å²) < 4.78 is 12.0. The minimum Gasteiger partial charge on any atom is -0.485 e. The SMILES string of the molecule is CN(C)c1ccc(/C=C/c2sc(C=C3C(=C(C#N)C#N)c4ccccc4C3=C(C#N)C#N)c3c2OCCO3)cc1. The normalized spacial score (nSPS) is 13.1. The van der Waals surface area contributed by atoms with Crippen LogP contribution in [0, 0.1) is 45.3 Å². The molecule has 0 atom stereocenters. The lowest BCUT2D eigenvalue weighted by Crippen LogP contribution is -2.15. The fraction of sp³-hybridized carbons (Fsp3) is 0.125. The molecule has 8 heteroatoms. The predicted octanol–water partition coefficient (Wildman–Crippen LogP) is 6.45. The molecule has 7 nitrogen and oxygen atoms in total. The van der Waals surface area contributed by atoms with E-state index in [1.54, 1.807) is 30.3 Å². The standard InChI is InChI=1S/C32H21N5O2S/c1-37(2)23-10-7-20(8-11-23)9-12-27-31-32(39-14-13-38-31)28(40-27)15-26-29(21(16-33)17-34)24-5-3-4-6-25(24)30(26)22(18-35)19-36/h3-12,15H,13-14H2,1-2H3/b12-9+. The molecule has 0 spiro atoms. The van der Waals surface area contributed by atoms with Gasteiger partial charge in [-0.3, -0.25) is 0 Å². The molecule has 2 heterocycles. The Morgan fingerprint density at radius 1 is 0.750 bits per heavy atom. The molecule has 0 radical (unpaired) electrons. The molecule has 40 heavy (non-hydrogen) atoms. The number of fused-ring (bicyclic) bond motifs is 2. The summed E-state index contributed by atoms with van der Waals surface area (Å²) in [4.78, 5) is 3.57. The van der Waals surface area contributed by atoms with Crippen LogP contribution in [0.1, 0.15) is 26.4 Å². The average molecular weight is 540 g/mol. The first-order chi connectivity index (χ1) is 19.5. The number of nitriles is 4. The van der Waals surface area contributed by atoms with Crippen LogP contribution in [0.3, 0.4) is 0 Å². The molecular weight excluding hydrogens is 518 g/mol. The van der Waals surface area contributed by atoms with E-state index in [4.69, 9.17) is 9.47 Å². The van der Waals surface area contributed by atoms with Crippen LogP contribution in [0.25, 0.3) is 29.4 Å². The molecule has 0 N–H and O–H groups in total. The molecule has 0 fully saturated rings. The number of benzene rings is 2. The van der Waals surface area contributed by atoms with Crippen LogP contribution >= 0.6 is 11.3 Å². The summed E-state index contributed by atoms with van der Waals surface area (Å²) in [5.41, 5.74) is 4.37. The summed E-state index contributed by atoms with van der Waals surface area (Å²) in [6.45, 7) is 0.768. The average Bonchev–Trinajstić information content (AvgIpc) is 3.49. The first-order valence-corrected chi connectivity index (χ1v) is 13.1. The number of hydrogen-bond acceptors (Lipinski definition) is 8. The van der Waals surface area contributed by atoms with Gasteiger partial charge in [-0.2, -0.15) is 21.0 Å². The van der Waals surface area contributed by atoms with Crippen LogP contribution in [0.15, 0.2) is 65.3 Å². The van der Waals surface area contributed by atoms with Gasteiger partial charge in [0.15, 0.2) is 11.5 Å². The minimum atomic E-state index is -0.104. The van der Waals surface area contributed by atoms with E-state index in [1.807, 2.05) is 79.7 Å². The molecular formula is C32H21N5O2S. The van der Waals surface area contributed by atoms with Crippen LogP contribution in [-0.4, -0.2) is 27.3 Å². The zero-order valence-corrected chi connectivity index (χ0v) is 22.5. The van der Waals surface area contributed by atoms with Crippen molar-refractivity contribution in [3.05, 3.63) is 91.7 Å². The maximum Gasteiger partial charge on any atom is 0.180 e. The number of rotatable bonds is 4. The van der Waals surface area contributed by atoms with E-state index in [2.05, 4.69) is 0 Å². The minimum absolute atomic E-state index is 0.104. The van der Waals surface area contributed by atoms with Gasteiger partial charge in [-0.15, -0.1) is 11.3 Å². The number of nitrogens with zero attached hydrogens (tertiary/aromatic N) is 5. The van der Waals surface area contributed by atoms with E-state index in [0.29, 0.717) is 57.4 Å². The second-order valence-corrected chi connectivity index (χ2v) is 10.1.